The molecular weight excluding hydrogens is 240 g/mol. The second kappa shape index (κ2) is 6.72. The Hall–Kier alpha value is -1.93. The third-order valence-electron chi connectivity index (χ3n) is 2.21. The molecule has 2 N–H and O–H groups in total. The number of aryl methyl sites for hydroxylation is 1. The zero-order valence-electron chi connectivity index (χ0n) is 9.84. The van der Waals surface area contributed by atoms with E-state index in [0.717, 1.165) is 5.56 Å². The molecule has 0 unspecified atom stereocenters. The number of aliphatic hydroxyl groups is 1. The number of hydrogen-bond acceptors (Lipinski definition) is 2. The fourth-order valence-electron chi connectivity index (χ4n) is 1.35. The first-order chi connectivity index (χ1) is 8.54. The number of amides is 1. The first-order valence-electron chi connectivity index (χ1n) is 5.31. The average Bonchev–Trinajstić information content (AvgIpc) is 2.34. The van der Waals surface area contributed by atoms with Crippen molar-refractivity contribution in [2.45, 2.75) is 13.3 Å². The Bertz CT molecular complexity index is 489. The highest BCUT2D eigenvalue weighted by atomic mass is 19.3. The van der Waals surface area contributed by atoms with Gasteiger partial charge in [-0.3, -0.25) is 4.79 Å². The average molecular weight is 253 g/mol. The van der Waals surface area contributed by atoms with Crippen LogP contribution in [0.25, 0.3) is 0 Å². The van der Waals surface area contributed by atoms with Gasteiger partial charge in [-0.15, -0.1) is 0 Å². The first-order valence-corrected chi connectivity index (χ1v) is 5.31. The summed E-state index contributed by atoms with van der Waals surface area (Å²) in [5.41, 5.74) is 1.75. The highest BCUT2D eigenvalue weighted by Gasteiger charge is 2.09. The Labute approximate surface area is 104 Å². The molecule has 1 amide bonds. The molecular formula is C13H13F2NO2. The van der Waals surface area contributed by atoms with Crippen molar-refractivity contribution >= 4 is 5.91 Å². The minimum absolute atomic E-state index is 0.240. The maximum absolute atomic E-state index is 11.9. The van der Waals surface area contributed by atoms with Crippen molar-refractivity contribution in [2.75, 3.05) is 13.2 Å². The van der Waals surface area contributed by atoms with E-state index in [1.807, 2.05) is 0 Å². The van der Waals surface area contributed by atoms with E-state index in [2.05, 4.69) is 17.2 Å². The molecule has 5 heteroatoms. The lowest BCUT2D eigenvalue weighted by Crippen LogP contribution is -2.28. The molecule has 0 bridgehead atoms. The summed E-state index contributed by atoms with van der Waals surface area (Å²) in [6, 6.07) is 4.70. The smallest absolute Gasteiger partial charge is 0.255 e. The third-order valence-corrected chi connectivity index (χ3v) is 2.21. The van der Waals surface area contributed by atoms with Crippen LogP contribution < -0.4 is 5.32 Å². The van der Waals surface area contributed by atoms with Crippen LogP contribution in [-0.4, -0.2) is 30.6 Å². The van der Waals surface area contributed by atoms with Crippen molar-refractivity contribution in [2.24, 2.45) is 0 Å². The van der Waals surface area contributed by atoms with Crippen LogP contribution in [0.3, 0.4) is 0 Å². The number of carbonyl (C=O) groups is 1. The summed E-state index contributed by atoms with van der Waals surface area (Å²) >= 11 is 0. The van der Waals surface area contributed by atoms with Crippen LogP contribution in [0.2, 0.25) is 0 Å². The van der Waals surface area contributed by atoms with Crippen molar-refractivity contribution in [1.82, 2.24) is 5.32 Å². The summed E-state index contributed by atoms with van der Waals surface area (Å²) in [6.07, 6.45) is -2.57. The number of halogens is 2. The molecule has 0 aliphatic rings. The van der Waals surface area contributed by atoms with E-state index in [1.54, 1.807) is 19.1 Å². The molecule has 0 aromatic heterocycles. The molecule has 0 fully saturated rings. The lowest BCUT2D eigenvalue weighted by molar-refractivity contribution is 0.0891. The quantitative estimate of drug-likeness (QED) is 0.798. The molecule has 0 radical (unpaired) electrons. The number of aliphatic hydroxyl groups excluding tert-OH is 1. The Morgan fingerprint density at radius 3 is 2.78 bits per heavy atom. The van der Waals surface area contributed by atoms with Gasteiger partial charge in [-0.2, -0.15) is 0 Å². The van der Waals surface area contributed by atoms with Crippen LogP contribution in [0.15, 0.2) is 18.2 Å². The molecule has 1 aromatic rings. The van der Waals surface area contributed by atoms with E-state index in [9.17, 15) is 13.6 Å². The summed E-state index contributed by atoms with van der Waals surface area (Å²) in [4.78, 5) is 11.5. The van der Waals surface area contributed by atoms with Gasteiger partial charge in [0.25, 0.3) is 12.3 Å². The number of alkyl halides is 2. The van der Waals surface area contributed by atoms with Gasteiger partial charge in [0, 0.05) is 11.1 Å². The molecule has 0 saturated carbocycles. The van der Waals surface area contributed by atoms with Crippen molar-refractivity contribution in [3.8, 4) is 11.8 Å². The van der Waals surface area contributed by atoms with Gasteiger partial charge in [-0.25, -0.2) is 8.78 Å². The number of hydrogen-bond donors (Lipinski definition) is 2. The van der Waals surface area contributed by atoms with E-state index in [1.165, 1.54) is 6.07 Å². The van der Waals surface area contributed by atoms with Crippen LogP contribution in [0.1, 0.15) is 21.5 Å². The van der Waals surface area contributed by atoms with Crippen LogP contribution >= 0.6 is 0 Å². The van der Waals surface area contributed by atoms with Gasteiger partial charge in [0.05, 0.1) is 6.54 Å². The highest BCUT2D eigenvalue weighted by molar-refractivity contribution is 5.94. The molecule has 0 spiro atoms. The predicted molar refractivity (Wildman–Crippen MR) is 63.5 cm³/mol. The zero-order chi connectivity index (χ0) is 13.5. The Balaban J connectivity index is 2.80. The highest BCUT2D eigenvalue weighted by Crippen LogP contribution is 2.10. The molecule has 1 rings (SSSR count). The van der Waals surface area contributed by atoms with E-state index >= 15 is 0 Å². The largest absolute Gasteiger partial charge is 0.384 e. The molecule has 0 heterocycles. The molecule has 18 heavy (non-hydrogen) atoms. The normalized spacial score (nSPS) is 9.83. The Morgan fingerprint density at radius 1 is 1.50 bits per heavy atom. The number of rotatable bonds is 3. The Morgan fingerprint density at radius 2 is 2.22 bits per heavy atom. The third kappa shape index (κ3) is 4.15. The summed E-state index contributed by atoms with van der Waals surface area (Å²) in [5.74, 6) is 4.69. The predicted octanol–water partition coefficient (Wildman–Crippen LogP) is 1.33. The molecule has 0 saturated heterocycles. The van der Waals surface area contributed by atoms with Crippen molar-refractivity contribution in [3.63, 3.8) is 0 Å². The number of carbonyl (C=O) groups excluding carboxylic acids is 1. The fraction of sp³-hybridized carbons (Fsp3) is 0.308. The maximum atomic E-state index is 11.9. The molecule has 3 nitrogen and oxygen atoms in total. The summed E-state index contributed by atoms with van der Waals surface area (Å²) in [7, 11) is 0. The minimum Gasteiger partial charge on any atom is -0.384 e. The fourth-order valence-corrected chi connectivity index (χ4v) is 1.35. The van der Waals surface area contributed by atoms with E-state index in [4.69, 9.17) is 5.11 Å². The minimum atomic E-state index is -2.57. The SMILES string of the molecule is Cc1cc(C(=O)NCC(F)F)ccc1C#CCO. The summed E-state index contributed by atoms with van der Waals surface area (Å²) in [5, 5.41) is 10.7. The van der Waals surface area contributed by atoms with Crippen LogP contribution in [0, 0.1) is 18.8 Å². The topological polar surface area (TPSA) is 49.3 Å². The second-order valence-corrected chi connectivity index (χ2v) is 3.59. The van der Waals surface area contributed by atoms with Crippen molar-refractivity contribution < 1.29 is 18.7 Å². The van der Waals surface area contributed by atoms with E-state index in [-0.39, 0.29) is 6.61 Å². The number of benzene rings is 1. The van der Waals surface area contributed by atoms with E-state index in [0.29, 0.717) is 11.1 Å². The van der Waals surface area contributed by atoms with Crippen LogP contribution in [0.4, 0.5) is 8.78 Å². The molecule has 0 aliphatic carbocycles. The molecule has 0 aliphatic heterocycles. The van der Waals surface area contributed by atoms with E-state index < -0.39 is 18.9 Å². The monoisotopic (exact) mass is 253 g/mol. The lowest BCUT2D eigenvalue weighted by Gasteiger charge is -2.06. The van der Waals surface area contributed by atoms with Gasteiger partial charge in [0.2, 0.25) is 0 Å². The van der Waals surface area contributed by atoms with Crippen molar-refractivity contribution in [1.29, 1.82) is 0 Å². The first kappa shape index (κ1) is 14.1. The Kier molecular flexibility index (Phi) is 5.28. The van der Waals surface area contributed by atoms with Crippen molar-refractivity contribution in [3.05, 3.63) is 34.9 Å². The van der Waals surface area contributed by atoms with Gasteiger partial charge in [0.15, 0.2) is 0 Å². The zero-order valence-corrected chi connectivity index (χ0v) is 9.84. The molecule has 1 aromatic carbocycles. The summed E-state index contributed by atoms with van der Waals surface area (Å²) in [6.45, 7) is 0.852. The summed E-state index contributed by atoms with van der Waals surface area (Å²) < 4.78 is 23.9. The molecule has 0 atom stereocenters. The second-order valence-electron chi connectivity index (χ2n) is 3.59. The molecule has 96 valence electrons. The van der Waals surface area contributed by atoms with Gasteiger partial charge in [-0.1, -0.05) is 11.8 Å². The maximum Gasteiger partial charge on any atom is 0.255 e. The van der Waals surface area contributed by atoms with Gasteiger partial charge >= 0.3 is 0 Å². The number of nitrogens with one attached hydrogen (secondary N) is 1. The lowest BCUT2D eigenvalue weighted by atomic mass is 10.0. The van der Waals surface area contributed by atoms with Gasteiger partial charge < -0.3 is 10.4 Å². The standard InChI is InChI=1S/C13H13F2NO2/c1-9-7-11(13(18)16-8-12(14)15)5-4-10(9)3-2-6-17/h4-5,7,12,17H,6,8H2,1H3,(H,16,18). The van der Waals surface area contributed by atoms with Gasteiger partial charge in [0.1, 0.15) is 6.61 Å². The van der Waals surface area contributed by atoms with Crippen LogP contribution in [-0.2, 0) is 0 Å². The van der Waals surface area contributed by atoms with Gasteiger partial charge in [-0.05, 0) is 30.7 Å². The van der Waals surface area contributed by atoms with Crippen LogP contribution in [0.5, 0.6) is 0 Å².